The Morgan fingerprint density at radius 2 is 1.70 bits per heavy atom. The highest BCUT2D eigenvalue weighted by Gasteiger charge is 2.36. The van der Waals surface area contributed by atoms with Crippen LogP contribution in [0.1, 0.15) is 18.1 Å². The summed E-state index contributed by atoms with van der Waals surface area (Å²) < 4.78 is 4.98. The van der Waals surface area contributed by atoms with E-state index in [1.165, 1.54) is 7.11 Å². The SMILES string of the molecule is COC(=O)C(C)(Cc1ccc(O)cc1)c1ccccc1. The summed E-state index contributed by atoms with van der Waals surface area (Å²) in [5, 5.41) is 9.34. The quantitative estimate of drug-likeness (QED) is 0.868. The topological polar surface area (TPSA) is 46.5 Å². The monoisotopic (exact) mass is 270 g/mol. The lowest BCUT2D eigenvalue weighted by molar-refractivity contribution is -0.146. The molecule has 20 heavy (non-hydrogen) atoms. The molecule has 1 atom stereocenters. The van der Waals surface area contributed by atoms with Gasteiger partial charge < -0.3 is 9.84 Å². The lowest BCUT2D eigenvalue weighted by Crippen LogP contribution is -2.36. The molecule has 3 nitrogen and oxygen atoms in total. The Bertz CT molecular complexity index is 575. The number of methoxy groups -OCH3 is 1. The summed E-state index contributed by atoms with van der Waals surface area (Å²) in [6, 6.07) is 16.5. The Hall–Kier alpha value is -2.29. The van der Waals surface area contributed by atoms with Crippen molar-refractivity contribution in [2.45, 2.75) is 18.8 Å². The van der Waals surface area contributed by atoms with Gasteiger partial charge in [0, 0.05) is 0 Å². The third-order valence-corrected chi connectivity index (χ3v) is 3.54. The van der Waals surface area contributed by atoms with Gasteiger partial charge in [-0.05, 0) is 36.6 Å². The van der Waals surface area contributed by atoms with Crippen LogP contribution in [0.5, 0.6) is 5.75 Å². The second kappa shape index (κ2) is 5.78. The summed E-state index contributed by atoms with van der Waals surface area (Å²) in [5.74, 6) is -0.0509. The molecule has 1 unspecified atom stereocenters. The van der Waals surface area contributed by atoms with E-state index in [4.69, 9.17) is 4.74 Å². The Labute approximate surface area is 118 Å². The van der Waals surface area contributed by atoms with E-state index in [2.05, 4.69) is 0 Å². The number of hydrogen-bond acceptors (Lipinski definition) is 3. The fourth-order valence-corrected chi connectivity index (χ4v) is 2.35. The van der Waals surface area contributed by atoms with Crippen LogP contribution in [0.4, 0.5) is 0 Å². The summed E-state index contributed by atoms with van der Waals surface area (Å²) in [5.41, 5.74) is 1.15. The molecule has 0 bridgehead atoms. The van der Waals surface area contributed by atoms with E-state index in [0.717, 1.165) is 11.1 Å². The highest BCUT2D eigenvalue weighted by atomic mass is 16.5. The number of phenolic OH excluding ortho intramolecular Hbond substituents is 1. The first-order valence-corrected chi connectivity index (χ1v) is 6.48. The van der Waals surface area contributed by atoms with Crippen LogP contribution in [0.15, 0.2) is 54.6 Å². The van der Waals surface area contributed by atoms with Crippen molar-refractivity contribution in [3.05, 3.63) is 65.7 Å². The maximum atomic E-state index is 12.2. The first kappa shape index (κ1) is 14.1. The molecule has 0 fully saturated rings. The maximum absolute atomic E-state index is 12.2. The van der Waals surface area contributed by atoms with Gasteiger partial charge in [0.2, 0.25) is 0 Å². The van der Waals surface area contributed by atoms with Crippen molar-refractivity contribution in [2.24, 2.45) is 0 Å². The van der Waals surface area contributed by atoms with Crippen LogP contribution in [-0.2, 0) is 21.4 Å². The van der Waals surface area contributed by atoms with E-state index in [-0.39, 0.29) is 11.7 Å². The molecule has 0 radical (unpaired) electrons. The van der Waals surface area contributed by atoms with Crippen LogP contribution in [0, 0.1) is 0 Å². The zero-order chi connectivity index (χ0) is 14.6. The average Bonchev–Trinajstić information content (AvgIpc) is 2.49. The molecule has 0 spiro atoms. The van der Waals surface area contributed by atoms with E-state index in [1.54, 1.807) is 12.1 Å². The van der Waals surface area contributed by atoms with Crippen molar-refractivity contribution in [3.63, 3.8) is 0 Å². The minimum absolute atomic E-state index is 0.216. The Balaban J connectivity index is 2.38. The lowest BCUT2D eigenvalue weighted by Gasteiger charge is -2.27. The second-order valence-corrected chi connectivity index (χ2v) is 5.03. The minimum Gasteiger partial charge on any atom is -0.508 e. The summed E-state index contributed by atoms with van der Waals surface area (Å²) in [6.07, 6.45) is 0.518. The molecule has 0 heterocycles. The van der Waals surface area contributed by atoms with Gasteiger partial charge in [0.05, 0.1) is 12.5 Å². The smallest absolute Gasteiger partial charge is 0.316 e. The van der Waals surface area contributed by atoms with E-state index in [1.807, 2.05) is 49.4 Å². The van der Waals surface area contributed by atoms with Gasteiger partial charge in [0.1, 0.15) is 5.75 Å². The van der Waals surface area contributed by atoms with E-state index >= 15 is 0 Å². The van der Waals surface area contributed by atoms with E-state index in [0.29, 0.717) is 6.42 Å². The molecular weight excluding hydrogens is 252 g/mol. The van der Waals surface area contributed by atoms with Crippen LogP contribution in [0.2, 0.25) is 0 Å². The van der Waals surface area contributed by atoms with Gasteiger partial charge in [-0.1, -0.05) is 42.5 Å². The first-order valence-electron chi connectivity index (χ1n) is 6.48. The van der Waals surface area contributed by atoms with Gasteiger partial charge in [-0.15, -0.1) is 0 Å². The average molecular weight is 270 g/mol. The largest absolute Gasteiger partial charge is 0.508 e. The number of benzene rings is 2. The molecule has 1 N–H and O–H groups in total. The molecule has 0 aliphatic heterocycles. The molecule has 0 aliphatic rings. The van der Waals surface area contributed by atoms with Gasteiger partial charge in [-0.3, -0.25) is 4.79 Å². The molecule has 2 aromatic carbocycles. The molecule has 0 saturated heterocycles. The highest BCUT2D eigenvalue weighted by molar-refractivity contribution is 5.83. The molecule has 104 valence electrons. The zero-order valence-corrected chi connectivity index (χ0v) is 11.7. The van der Waals surface area contributed by atoms with Crippen molar-refractivity contribution >= 4 is 5.97 Å². The normalized spacial score (nSPS) is 13.5. The van der Waals surface area contributed by atoms with Gasteiger partial charge in [-0.25, -0.2) is 0 Å². The number of esters is 1. The number of aromatic hydroxyl groups is 1. The lowest BCUT2D eigenvalue weighted by atomic mass is 9.77. The molecule has 0 amide bonds. The number of hydrogen-bond donors (Lipinski definition) is 1. The van der Waals surface area contributed by atoms with E-state index < -0.39 is 5.41 Å². The first-order chi connectivity index (χ1) is 9.56. The molecule has 0 aliphatic carbocycles. The number of rotatable bonds is 4. The summed E-state index contributed by atoms with van der Waals surface area (Å²) in [6.45, 7) is 1.88. The molecule has 2 rings (SSSR count). The fraction of sp³-hybridized carbons (Fsp3) is 0.235. The minimum atomic E-state index is -0.743. The summed E-state index contributed by atoms with van der Waals surface area (Å²) in [7, 11) is 1.40. The summed E-state index contributed by atoms with van der Waals surface area (Å²) >= 11 is 0. The van der Waals surface area contributed by atoms with Crippen molar-refractivity contribution in [1.82, 2.24) is 0 Å². The van der Waals surface area contributed by atoms with Crippen molar-refractivity contribution < 1.29 is 14.6 Å². The molecule has 0 saturated carbocycles. The third-order valence-electron chi connectivity index (χ3n) is 3.54. The van der Waals surface area contributed by atoms with Crippen molar-refractivity contribution in [3.8, 4) is 5.75 Å². The van der Waals surface area contributed by atoms with Crippen molar-refractivity contribution in [1.29, 1.82) is 0 Å². The van der Waals surface area contributed by atoms with Crippen LogP contribution >= 0.6 is 0 Å². The standard InChI is InChI=1S/C17H18O3/c1-17(16(19)20-2,14-6-4-3-5-7-14)12-13-8-10-15(18)11-9-13/h3-11,18H,12H2,1-2H3. The predicted octanol–water partition coefficient (Wildman–Crippen LogP) is 3.07. The Morgan fingerprint density at radius 1 is 1.10 bits per heavy atom. The zero-order valence-electron chi connectivity index (χ0n) is 11.7. The Morgan fingerprint density at radius 3 is 2.25 bits per heavy atom. The number of carbonyl (C=O) groups excluding carboxylic acids is 1. The molecular formula is C17H18O3. The van der Waals surface area contributed by atoms with Gasteiger partial charge in [0.25, 0.3) is 0 Å². The molecule has 2 aromatic rings. The summed E-state index contributed by atoms with van der Waals surface area (Å²) in [4.78, 5) is 12.2. The van der Waals surface area contributed by atoms with Crippen molar-refractivity contribution in [2.75, 3.05) is 7.11 Å². The fourth-order valence-electron chi connectivity index (χ4n) is 2.35. The predicted molar refractivity (Wildman–Crippen MR) is 77.6 cm³/mol. The van der Waals surface area contributed by atoms with Crippen LogP contribution in [0.25, 0.3) is 0 Å². The number of ether oxygens (including phenoxy) is 1. The second-order valence-electron chi connectivity index (χ2n) is 5.03. The number of carbonyl (C=O) groups is 1. The molecule has 3 heteroatoms. The van der Waals surface area contributed by atoms with Gasteiger partial charge in [-0.2, -0.15) is 0 Å². The highest BCUT2D eigenvalue weighted by Crippen LogP contribution is 2.30. The van der Waals surface area contributed by atoms with Crippen LogP contribution < -0.4 is 0 Å². The third kappa shape index (κ3) is 2.82. The number of phenols is 1. The Kier molecular flexibility index (Phi) is 4.08. The van der Waals surface area contributed by atoms with Gasteiger partial charge >= 0.3 is 5.97 Å². The van der Waals surface area contributed by atoms with E-state index in [9.17, 15) is 9.90 Å². The van der Waals surface area contributed by atoms with Crippen LogP contribution in [0.3, 0.4) is 0 Å². The van der Waals surface area contributed by atoms with Gasteiger partial charge in [0.15, 0.2) is 0 Å². The maximum Gasteiger partial charge on any atom is 0.316 e. The van der Waals surface area contributed by atoms with Crippen LogP contribution in [-0.4, -0.2) is 18.2 Å². The molecule has 0 aromatic heterocycles.